The topological polar surface area (TPSA) is 54.5 Å². The summed E-state index contributed by atoms with van der Waals surface area (Å²) in [5.41, 5.74) is 3.42. The van der Waals surface area contributed by atoms with Crippen LogP contribution in [0.5, 0.6) is 0 Å². The summed E-state index contributed by atoms with van der Waals surface area (Å²) in [4.78, 5) is 19.0. The van der Waals surface area contributed by atoms with E-state index in [2.05, 4.69) is 46.5 Å². The summed E-state index contributed by atoms with van der Waals surface area (Å²) in [6.07, 6.45) is 1.74. The first kappa shape index (κ1) is 15.1. The van der Waals surface area contributed by atoms with Crippen LogP contribution >= 0.6 is 0 Å². The number of hydrogen-bond donors (Lipinski definition) is 1. The van der Waals surface area contributed by atoms with Gasteiger partial charge in [0.05, 0.1) is 6.04 Å². The van der Waals surface area contributed by atoms with Crippen LogP contribution in [0.25, 0.3) is 0 Å². The third-order valence-corrected chi connectivity index (χ3v) is 4.83. The summed E-state index contributed by atoms with van der Waals surface area (Å²) in [6, 6.07) is 10.4. The second-order valence-electron chi connectivity index (χ2n) is 7.07. The van der Waals surface area contributed by atoms with Gasteiger partial charge in [-0.15, -0.1) is 0 Å². The molecule has 24 heavy (non-hydrogen) atoms. The molecular weight excluding hydrogens is 302 g/mol. The minimum absolute atomic E-state index is 0.0930. The van der Waals surface area contributed by atoms with Crippen molar-refractivity contribution < 1.29 is 9.53 Å². The SMILES string of the molecule is CN1Cc2ccccc2C(Nc2nccc3c2C(=O)OC3(C)C)C1. The molecule has 124 valence electrons. The first-order valence-electron chi connectivity index (χ1n) is 8.21. The number of cyclic esters (lactones) is 1. The Morgan fingerprint density at radius 3 is 2.92 bits per heavy atom. The number of nitrogens with zero attached hydrogens (tertiary/aromatic N) is 2. The zero-order chi connectivity index (χ0) is 16.9. The third kappa shape index (κ3) is 2.36. The lowest BCUT2D eigenvalue weighted by molar-refractivity contribution is 0.00958. The van der Waals surface area contributed by atoms with Crippen molar-refractivity contribution in [1.82, 2.24) is 9.88 Å². The highest BCUT2D eigenvalue weighted by Crippen LogP contribution is 2.39. The predicted octanol–water partition coefficient (Wildman–Crippen LogP) is 3.09. The van der Waals surface area contributed by atoms with Crippen molar-refractivity contribution in [2.45, 2.75) is 32.0 Å². The van der Waals surface area contributed by atoms with Gasteiger partial charge in [-0.2, -0.15) is 0 Å². The van der Waals surface area contributed by atoms with E-state index in [4.69, 9.17) is 4.74 Å². The Morgan fingerprint density at radius 2 is 2.08 bits per heavy atom. The first-order valence-corrected chi connectivity index (χ1v) is 8.21. The molecule has 0 bridgehead atoms. The normalized spacial score (nSPS) is 21.8. The van der Waals surface area contributed by atoms with Crippen LogP contribution in [0, 0.1) is 0 Å². The molecule has 1 aromatic heterocycles. The maximum Gasteiger partial charge on any atom is 0.343 e. The molecule has 0 saturated carbocycles. The fourth-order valence-electron chi connectivity index (χ4n) is 3.69. The van der Waals surface area contributed by atoms with Crippen molar-refractivity contribution in [3.63, 3.8) is 0 Å². The number of hydrogen-bond acceptors (Lipinski definition) is 5. The summed E-state index contributed by atoms with van der Waals surface area (Å²) >= 11 is 0. The quantitative estimate of drug-likeness (QED) is 0.861. The van der Waals surface area contributed by atoms with Gasteiger partial charge in [0.2, 0.25) is 0 Å². The zero-order valence-electron chi connectivity index (χ0n) is 14.2. The van der Waals surface area contributed by atoms with Crippen LogP contribution in [-0.2, 0) is 16.9 Å². The Morgan fingerprint density at radius 1 is 1.29 bits per heavy atom. The van der Waals surface area contributed by atoms with E-state index in [0.29, 0.717) is 11.4 Å². The average molecular weight is 323 g/mol. The number of benzene rings is 1. The van der Waals surface area contributed by atoms with E-state index in [1.807, 2.05) is 19.9 Å². The van der Waals surface area contributed by atoms with Crippen molar-refractivity contribution in [2.75, 3.05) is 18.9 Å². The van der Waals surface area contributed by atoms with Gasteiger partial charge in [0.25, 0.3) is 0 Å². The molecule has 2 aliphatic heterocycles. The van der Waals surface area contributed by atoms with E-state index in [1.165, 1.54) is 11.1 Å². The summed E-state index contributed by atoms with van der Waals surface area (Å²) in [6.45, 7) is 5.61. The number of fused-ring (bicyclic) bond motifs is 2. The molecule has 2 aliphatic rings. The lowest BCUT2D eigenvalue weighted by atomic mass is 9.94. The van der Waals surface area contributed by atoms with Crippen LogP contribution < -0.4 is 5.32 Å². The van der Waals surface area contributed by atoms with E-state index in [9.17, 15) is 4.79 Å². The maximum absolute atomic E-state index is 12.3. The molecule has 0 spiro atoms. The van der Waals surface area contributed by atoms with Crippen molar-refractivity contribution in [3.05, 3.63) is 58.8 Å². The second-order valence-corrected chi connectivity index (χ2v) is 7.07. The fourth-order valence-corrected chi connectivity index (χ4v) is 3.69. The molecule has 0 aliphatic carbocycles. The Balaban J connectivity index is 1.73. The molecule has 0 fully saturated rings. The van der Waals surface area contributed by atoms with E-state index >= 15 is 0 Å². The van der Waals surface area contributed by atoms with Gasteiger partial charge in [0.15, 0.2) is 0 Å². The van der Waals surface area contributed by atoms with E-state index in [1.54, 1.807) is 6.20 Å². The van der Waals surface area contributed by atoms with E-state index < -0.39 is 5.60 Å². The molecule has 1 N–H and O–H groups in total. The lowest BCUT2D eigenvalue weighted by Crippen LogP contribution is -2.34. The van der Waals surface area contributed by atoms with Crippen LogP contribution in [0.2, 0.25) is 0 Å². The molecule has 1 aromatic carbocycles. The molecule has 5 heteroatoms. The Labute approximate surface area is 141 Å². The van der Waals surface area contributed by atoms with Crippen molar-refractivity contribution >= 4 is 11.8 Å². The molecule has 0 amide bonds. The number of likely N-dealkylation sites (N-methyl/N-ethyl adjacent to an activating group) is 1. The van der Waals surface area contributed by atoms with Gasteiger partial charge < -0.3 is 10.1 Å². The lowest BCUT2D eigenvalue weighted by Gasteiger charge is -2.33. The van der Waals surface area contributed by atoms with Crippen LogP contribution in [0.1, 0.15) is 46.9 Å². The second kappa shape index (κ2) is 5.31. The number of carbonyl (C=O) groups is 1. The van der Waals surface area contributed by atoms with Crippen LogP contribution in [-0.4, -0.2) is 29.4 Å². The van der Waals surface area contributed by atoms with Crippen LogP contribution in [0.3, 0.4) is 0 Å². The number of pyridine rings is 1. The molecule has 1 unspecified atom stereocenters. The molecule has 0 saturated heterocycles. The number of nitrogens with one attached hydrogen (secondary N) is 1. The highest BCUT2D eigenvalue weighted by molar-refractivity contribution is 5.99. The highest BCUT2D eigenvalue weighted by atomic mass is 16.6. The van der Waals surface area contributed by atoms with Crippen LogP contribution in [0.15, 0.2) is 36.5 Å². The van der Waals surface area contributed by atoms with Gasteiger partial charge in [-0.3, -0.25) is 4.90 Å². The number of aromatic nitrogens is 1. The van der Waals surface area contributed by atoms with Crippen molar-refractivity contribution in [3.8, 4) is 0 Å². The number of ether oxygens (including phenoxy) is 1. The molecule has 2 aromatic rings. The standard InChI is InChI=1S/C19H21N3O2/c1-19(2)14-8-9-20-17(16(14)18(23)24-19)21-15-11-22(3)10-12-6-4-5-7-13(12)15/h4-9,15H,10-11H2,1-3H3,(H,20,21). The van der Waals surface area contributed by atoms with Gasteiger partial charge >= 0.3 is 5.97 Å². The zero-order valence-corrected chi connectivity index (χ0v) is 14.2. The summed E-state index contributed by atoms with van der Waals surface area (Å²) in [7, 11) is 2.10. The maximum atomic E-state index is 12.3. The summed E-state index contributed by atoms with van der Waals surface area (Å²) in [5.74, 6) is 0.307. The Hall–Kier alpha value is -2.40. The monoisotopic (exact) mass is 323 g/mol. The highest BCUT2D eigenvalue weighted by Gasteiger charge is 2.40. The van der Waals surface area contributed by atoms with E-state index in [-0.39, 0.29) is 12.0 Å². The van der Waals surface area contributed by atoms with Gasteiger partial charge in [-0.25, -0.2) is 9.78 Å². The Bertz CT molecular complexity index is 816. The van der Waals surface area contributed by atoms with Gasteiger partial charge in [0, 0.05) is 24.8 Å². The Kier molecular flexibility index (Phi) is 3.35. The molecule has 3 heterocycles. The largest absolute Gasteiger partial charge is 0.451 e. The van der Waals surface area contributed by atoms with Gasteiger partial charge in [-0.1, -0.05) is 24.3 Å². The summed E-state index contributed by atoms with van der Waals surface area (Å²) < 4.78 is 5.51. The molecule has 4 rings (SSSR count). The smallest absolute Gasteiger partial charge is 0.343 e. The van der Waals surface area contributed by atoms with E-state index in [0.717, 1.165) is 18.7 Å². The third-order valence-electron chi connectivity index (χ3n) is 4.83. The van der Waals surface area contributed by atoms with Crippen molar-refractivity contribution in [1.29, 1.82) is 0 Å². The number of anilines is 1. The fraction of sp³-hybridized carbons (Fsp3) is 0.368. The van der Waals surface area contributed by atoms with Gasteiger partial charge in [-0.05, 0) is 38.1 Å². The number of rotatable bonds is 2. The molecule has 0 radical (unpaired) electrons. The molecule has 1 atom stereocenters. The van der Waals surface area contributed by atoms with Crippen LogP contribution in [0.4, 0.5) is 5.82 Å². The minimum atomic E-state index is -0.604. The minimum Gasteiger partial charge on any atom is -0.451 e. The van der Waals surface area contributed by atoms with Crippen molar-refractivity contribution in [2.24, 2.45) is 0 Å². The van der Waals surface area contributed by atoms with Gasteiger partial charge in [0.1, 0.15) is 17.0 Å². The molecular formula is C19H21N3O2. The summed E-state index contributed by atoms with van der Waals surface area (Å²) in [5, 5.41) is 3.48. The molecule has 5 nitrogen and oxygen atoms in total. The first-order chi connectivity index (χ1) is 11.5. The number of carbonyl (C=O) groups excluding carboxylic acids is 1. The number of esters is 1. The predicted molar refractivity (Wildman–Crippen MR) is 91.8 cm³/mol. The average Bonchev–Trinajstić information content (AvgIpc) is 2.77.